The highest BCUT2D eigenvalue weighted by Gasteiger charge is 2.27. The monoisotopic (exact) mass is 210 g/mol. The van der Waals surface area contributed by atoms with Crippen LogP contribution in [-0.2, 0) is 0 Å². The highest BCUT2D eigenvalue weighted by atomic mass is 15.2. The van der Waals surface area contributed by atoms with Crippen LogP contribution in [0.2, 0.25) is 0 Å². The molecule has 4 unspecified atom stereocenters. The summed E-state index contributed by atoms with van der Waals surface area (Å²) >= 11 is 0. The Bertz CT molecular complexity index is 195. The van der Waals surface area contributed by atoms with E-state index < -0.39 is 0 Å². The van der Waals surface area contributed by atoms with Crippen molar-refractivity contribution in [1.29, 1.82) is 0 Å². The average molecular weight is 210 g/mol. The second kappa shape index (κ2) is 4.84. The van der Waals surface area contributed by atoms with E-state index in [0.29, 0.717) is 0 Å². The third-order valence-electron chi connectivity index (χ3n) is 4.39. The summed E-state index contributed by atoms with van der Waals surface area (Å²) in [6.07, 6.45) is 5.68. The largest absolute Gasteiger partial charge is 0.312 e. The summed E-state index contributed by atoms with van der Waals surface area (Å²) in [5, 5.41) is 3.76. The van der Waals surface area contributed by atoms with Gasteiger partial charge in [-0.3, -0.25) is 0 Å². The number of hydrogen-bond donors (Lipinski definition) is 1. The third kappa shape index (κ3) is 2.94. The molecular weight excluding hydrogens is 184 g/mol. The van der Waals surface area contributed by atoms with E-state index in [4.69, 9.17) is 0 Å². The number of likely N-dealkylation sites (N-methyl/N-ethyl adjacent to an activating group) is 1. The maximum atomic E-state index is 3.76. The van der Waals surface area contributed by atoms with Gasteiger partial charge >= 0.3 is 0 Å². The van der Waals surface area contributed by atoms with Gasteiger partial charge in [-0.1, -0.05) is 13.3 Å². The SMILES string of the molecule is CC1CCC(CNC2CC(C)N(C)C2)C1. The molecule has 1 N–H and O–H groups in total. The Morgan fingerprint density at radius 3 is 2.53 bits per heavy atom. The molecule has 0 radical (unpaired) electrons. The molecule has 2 rings (SSSR count). The van der Waals surface area contributed by atoms with Gasteiger partial charge < -0.3 is 10.2 Å². The molecule has 1 saturated carbocycles. The standard InChI is InChI=1S/C13H26N2/c1-10-4-5-12(6-10)8-14-13-7-11(2)15(3)9-13/h10-14H,4-9H2,1-3H3. The summed E-state index contributed by atoms with van der Waals surface area (Å²) in [6.45, 7) is 7.23. The lowest BCUT2D eigenvalue weighted by atomic mass is 10.1. The smallest absolute Gasteiger partial charge is 0.0209 e. The Morgan fingerprint density at radius 1 is 1.20 bits per heavy atom. The van der Waals surface area contributed by atoms with Crippen LogP contribution in [0.5, 0.6) is 0 Å². The van der Waals surface area contributed by atoms with E-state index >= 15 is 0 Å². The Hall–Kier alpha value is -0.0800. The molecule has 2 aliphatic rings. The summed E-state index contributed by atoms with van der Waals surface area (Å²) < 4.78 is 0. The van der Waals surface area contributed by atoms with E-state index in [-0.39, 0.29) is 0 Å². The lowest BCUT2D eigenvalue weighted by Crippen LogP contribution is -2.34. The second-order valence-corrected chi connectivity index (χ2v) is 5.91. The van der Waals surface area contributed by atoms with Crippen LogP contribution in [-0.4, -0.2) is 37.1 Å². The van der Waals surface area contributed by atoms with E-state index in [1.54, 1.807) is 0 Å². The van der Waals surface area contributed by atoms with Gasteiger partial charge in [0, 0.05) is 18.6 Å². The zero-order chi connectivity index (χ0) is 10.8. The van der Waals surface area contributed by atoms with Crippen LogP contribution in [0.25, 0.3) is 0 Å². The minimum absolute atomic E-state index is 0.751. The average Bonchev–Trinajstić information content (AvgIpc) is 2.72. The molecule has 2 heteroatoms. The topological polar surface area (TPSA) is 15.3 Å². The summed E-state index contributed by atoms with van der Waals surface area (Å²) in [6, 6.07) is 1.52. The van der Waals surface area contributed by atoms with Crippen molar-refractivity contribution >= 4 is 0 Å². The van der Waals surface area contributed by atoms with Crippen LogP contribution < -0.4 is 5.32 Å². The van der Waals surface area contributed by atoms with Crippen molar-refractivity contribution in [2.24, 2.45) is 11.8 Å². The van der Waals surface area contributed by atoms with Gasteiger partial charge in [0.2, 0.25) is 0 Å². The molecule has 0 aromatic heterocycles. The maximum Gasteiger partial charge on any atom is 0.0209 e. The summed E-state index contributed by atoms with van der Waals surface area (Å²) in [4.78, 5) is 2.47. The Morgan fingerprint density at radius 2 is 2.00 bits per heavy atom. The minimum atomic E-state index is 0.751. The van der Waals surface area contributed by atoms with E-state index in [1.165, 1.54) is 38.8 Å². The first-order chi connectivity index (χ1) is 7.15. The highest BCUT2D eigenvalue weighted by Crippen LogP contribution is 2.30. The third-order valence-corrected chi connectivity index (χ3v) is 4.39. The molecule has 0 aromatic rings. The van der Waals surface area contributed by atoms with Crippen molar-refractivity contribution in [1.82, 2.24) is 10.2 Å². The summed E-state index contributed by atoms with van der Waals surface area (Å²) in [7, 11) is 2.24. The van der Waals surface area contributed by atoms with Gasteiger partial charge in [0.25, 0.3) is 0 Å². The van der Waals surface area contributed by atoms with Crippen LogP contribution in [0.1, 0.15) is 39.5 Å². The highest BCUT2D eigenvalue weighted by molar-refractivity contribution is 4.86. The van der Waals surface area contributed by atoms with Crippen molar-refractivity contribution in [2.75, 3.05) is 20.1 Å². The van der Waals surface area contributed by atoms with Crippen LogP contribution in [0, 0.1) is 11.8 Å². The van der Waals surface area contributed by atoms with Gasteiger partial charge in [0.1, 0.15) is 0 Å². The molecule has 2 nitrogen and oxygen atoms in total. The normalized spacial score (nSPS) is 42.6. The van der Waals surface area contributed by atoms with E-state index in [9.17, 15) is 0 Å². The molecule has 2 fully saturated rings. The molecule has 15 heavy (non-hydrogen) atoms. The first-order valence-electron chi connectivity index (χ1n) is 6.58. The van der Waals surface area contributed by atoms with Gasteiger partial charge in [-0.05, 0) is 51.6 Å². The van der Waals surface area contributed by atoms with Gasteiger partial charge in [-0.25, -0.2) is 0 Å². The molecule has 0 amide bonds. The number of nitrogens with one attached hydrogen (secondary N) is 1. The Kier molecular flexibility index (Phi) is 3.68. The molecular formula is C13H26N2. The molecule has 0 aromatic carbocycles. The van der Waals surface area contributed by atoms with Crippen LogP contribution in [0.15, 0.2) is 0 Å². The Labute approximate surface area is 94.4 Å². The maximum absolute atomic E-state index is 3.76. The molecule has 0 spiro atoms. The first-order valence-corrected chi connectivity index (χ1v) is 6.58. The fourth-order valence-corrected chi connectivity index (χ4v) is 3.19. The van der Waals surface area contributed by atoms with E-state index in [1.807, 2.05) is 0 Å². The lowest BCUT2D eigenvalue weighted by Gasteiger charge is -2.16. The summed E-state index contributed by atoms with van der Waals surface area (Å²) in [5.74, 6) is 1.93. The van der Waals surface area contributed by atoms with Gasteiger partial charge in [0.15, 0.2) is 0 Å². The second-order valence-electron chi connectivity index (χ2n) is 5.91. The molecule has 1 aliphatic heterocycles. The van der Waals surface area contributed by atoms with Crippen molar-refractivity contribution < 1.29 is 0 Å². The molecule has 0 bridgehead atoms. The van der Waals surface area contributed by atoms with Crippen LogP contribution in [0.3, 0.4) is 0 Å². The molecule has 88 valence electrons. The predicted molar refractivity (Wildman–Crippen MR) is 65.0 cm³/mol. The molecule has 1 saturated heterocycles. The van der Waals surface area contributed by atoms with Crippen molar-refractivity contribution in [3.8, 4) is 0 Å². The number of likely N-dealkylation sites (tertiary alicyclic amines) is 1. The quantitative estimate of drug-likeness (QED) is 0.767. The van der Waals surface area contributed by atoms with Crippen molar-refractivity contribution in [2.45, 2.75) is 51.6 Å². The summed E-state index contributed by atoms with van der Waals surface area (Å²) in [5.41, 5.74) is 0. The van der Waals surface area contributed by atoms with Gasteiger partial charge in [-0.15, -0.1) is 0 Å². The predicted octanol–water partition coefficient (Wildman–Crippen LogP) is 2.10. The Balaban J connectivity index is 1.66. The zero-order valence-corrected chi connectivity index (χ0v) is 10.5. The van der Waals surface area contributed by atoms with Crippen molar-refractivity contribution in [3.05, 3.63) is 0 Å². The van der Waals surface area contributed by atoms with E-state index in [2.05, 4.69) is 31.1 Å². The van der Waals surface area contributed by atoms with Crippen LogP contribution >= 0.6 is 0 Å². The molecule has 1 heterocycles. The fourth-order valence-electron chi connectivity index (χ4n) is 3.19. The molecule has 1 aliphatic carbocycles. The lowest BCUT2D eigenvalue weighted by molar-refractivity contribution is 0.325. The van der Waals surface area contributed by atoms with E-state index in [0.717, 1.165) is 23.9 Å². The van der Waals surface area contributed by atoms with Crippen molar-refractivity contribution in [3.63, 3.8) is 0 Å². The molecule has 4 atom stereocenters. The number of hydrogen-bond acceptors (Lipinski definition) is 2. The van der Waals surface area contributed by atoms with Crippen LogP contribution in [0.4, 0.5) is 0 Å². The number of nitrogens with zero attached hydrogens (tertiary/aromatic N) is 1. The zero-order valence-electron chi connectivity index (χ0n) is 10.5. The number of rotatable bonds is 3. The van der Waals surface area contributed by atoms with Gasteiger partial charge in [-0.2, -0.15) is 0 Å². The fraction of sp³-hybridized carbons (Fsp3) is 1.00. The van der Waals surface area contributed by atoms with Gasteiger partial charge in [0.05, 0.1) is 0 Å². The minimum Gasteiger partial charge on any atom is -0.312 e. The first kappa shape index (κ1) is 11.4.